The second-order valence-electron chi connectivity index (χ2n) is 8.15. The van der Waals surface area contributed by atoms with Gasteiger partial charge in [-0.25, -0.2) is 4.99 Å². The summed E-state index contributed by atoms with van der Waals surface area (Å²) in [6, 6.07) is 14.3. The van der Waals surface area contributed by atoms with E-state index in [-0.39, 0.29) is 17.2 Å². The molecule has 0 bridgehead atoms. The van der Waals surface area contributed by atoms with Crippen molar-refractivity contribution in [3.8, 4) is 11.5 Å². The highest BCUT2D eigenvalue weighted by Crippen LogP contribution is 2.51. The average molecular weight is 383 g/mol. The van der Waals surface area contributed by atoms with Gasteiger partial charge in [-0.05, 0) is 38.7 Å². The van der Waals surface area contributed by atoms with E-state index < -0.39 is 5.72 Å². The molecule has 0 fully saturated rings. The van der Waals surface area contributed by atoms with Gasteiger partial charge in [0.2, 0.25) is 5.72 Å². The fourth-order valence-corrected chi connectivity index (χ4v) is 4.94. The maximum atomic E-state index is 10.3. The van der Waals surface area contributed by atoms with Gasteiger partial charge in [-0.3, -0.25) is 0 Å². The van der Waals surface area contributed by atoms with Crippen molar-refractivity contribution in [2.75, 3.05) is 6.26 Å². The molecule has 2 atom stereocenters. The molecule has 5 heteroatoms. The lowest BCUT2D eigenvalue weighted by Crippen LogP contribution is -2.57. The zero-order valence-corrected chi connectivity index (χ0v) is 17.1. The molecule has 2 aromatic rings. The SMILES string of the molecule is CSC1=N[C@@]2(C[C@@H](c3ccccc3)c3ccc(O)c(C)c3O2)CC(C)(C)N1. The van der Waals surface area contributed by atoms with Crippen LogP contribution in [0.1, 0.15) is 49.3 Å². The first kappa shape index (κ1) is 18.2. The molecule has 142 valence electrons. The van der Waals surface area contributed by atoms with E-state index in [9.17, 15) is 5.11 Å². The summed E-state index contributed by atoms with van der Waals surface area (Å²) in [5.74, 6) is 1.21. The number of benzene rings is 2. The standard InChI is InChI=1S/C22H26N2O2S/c1-14-18(25)11-10-16-17(15-8-6-5-7-9-15)12-22(26-19(14)16)13-21(2,3)23-20(24-22)27-4/h5-11,17,25H,12-13H2,1-4H3,(H,23,24)/t17-,22+/m0/s1. The third-order valence-corrected chi connectivity index (χ3v) is 6.04. The van der Waals surface area contributed by atoms with Crippen molar-refractivity contribution in [1.82, 2.24) is 5.32 Å². The number of hydrogen-bond acceptors (Lipinski definition) is 5. The molecule has 0 saturated heterocycles. The van der Waals surface area contributed by atoms with Gasteiger partial charge in [0.05, 0.1) is 0 Å². The van der Waals surface area contributed by atoms with Crippen molar-refractivity contribution in [1.29, 1.82) is 0 Å². The molecule has 4 nitrogen and oxygen atoms in total. The van der Waals surface area contributed by atoms with Crippen LogP contribution in [-0.4, -0.2) is 27.8 Å². The summed E-state index contributed by atoms with van der Waals surface area (Å²) in [5, 5.41) is 14.7. The van der Waals surface area contributed by atoms with E-state index in [2.05, 4.69) is 43.4 Å². The van der Waals surface area contributed by atoms with Gasteiger partial charge >= 0.3 is 0 Å². The topological polar surface area (TPSA) is 53.9 Å². The van der Waals surface area contributed by atoms with Crippen molar-refractivity contribution in [2.45, 2.75) is 50.8 Å². The van der Waals surface area contributed by atoms with Crippen LogP contribution >= 0.6 is 11.8 Å². The zero-order valence-electron chi connectivity index (χ0n) is 16.2. The molecule has 2 aliphatic heterocycles. The lowest BCUT2D eigenvalue weighted by atomic mass is 9.77. The van der Waals surface area contributed by atoms with Crippen molar-refractivity contribution >= 4 is 16.9 Å². The number of thioether (sulfide) groups is 1. The Hall–Kier alpha value is -2.14. The van der Waals surface area contributed by atoms with Crippen LogP contribution in [0.4, 0.5) is 0 Å². The second-order valence-corrected chi connectivity index (χ2v) is 8.95. The van der Waals surface area contributed by atoms with Crippen molar-refractivity contribution in [3.63, 3.8) is 0 Å². The van der Waals surface area contributed by atoms with E-state index in [4.69, 9.17) is 9.73 Å². The fraction of sp³-hybridized carbons (Fsp3) is 0.409. The average Bonchev–Trinajstić information content (AvgIpc) is 2.64. The Morgan fingerprint density at radius 3 is 2.63 bits per heavy atom. The first-order valence-electron chi connectivity index (χ1n) is 9.31. The molecule has 0 radical (unpaired) electrons. The minimum Gasteiger partial charge on any atom is -0.508 e. The molecule has 0 aromatic heterocycles. The number of rotatable bonds is 1. The van der Waals surface area contributed by atoms with Gasteiger partial charge in [-0.1, -0.05) is 48.2 Å². The number of phenolic OH excluding ortho intramolecular Hbond substituents is 1. The molecular formula is C22H26N2O2S. The summed E-state index contributed by atoms with van der Waals surface area (Å²) < 4.78 is 6.59. The Kier molecular flexibility index (Phi) is 4.38. The minimum absolute atomic E-state index is 0.121. The van der Waals surface area contributed by atoms with Crippen LogP contribution in [0.3, 0.4) is 0 Å². The molecule has 0 saturated carbocycles. The predicted molar refractivity (Wildman–Crippen MR) is 112 cm³/mol. The molecule has 1 spiro atoms. The van der Waals surface area contributed by atoms with Crippen molar-refractivity contribution in [3.05, 3.63) is 59.2 Å². The van der Waals surface area contributed by atoms with Gasteiger partial charge < -0.3 is 15.2 Å². The van der Waals surface area contributed by atoms with E-state index in [1.807, 2.05) is 25.3 Å². The van der Waals surface area contributed by atoms with Gasteiger partial charge in [0.15, 0.2) is 5.17 Å². The number of nitrogens with zero attached hydrogens (tertiary/aromatic N) is 1. The molecule has 0 amide bonds. The highest BCUT2D eigenvalue weighted by Gasteiger charge is 2.48. The molecule has 2 N–H and O–H groups in total. The maximum absolute atomic E-state index is 10.3. The Balaban J connectivity index is 1.89. The van der Waals surface area contributed by atoms with Gasteiger partial charge in [0, 0.05) is 35.4 Å². The van der Waals surface area contributed by atoms with Gasteiger partial charge in [-0.2, -0.15) is 0 Å². The smallest absolute Gasteiger partial charge is 0.206 e. The third kappa shape index (κ3) is 3.29. The summed E-state index contributed by atoms with van der Waals surface area (Å²) in [6.07, 6.45) is 3.58. The zero-order chi connectivity index (χ0) is 19.2. The summed E-state index contributed by atoms with van der Waals surface area (Å²) in [6.45, 7) is 6.29. The summed E-state index contributed by atoms with van der Waals surface area (Å²) in [5.41, 5.74) is 2.40. The molecule has 4 rings (SSSR count). The normalized spacial score (nSPS) is 25.9. The fourth-order valence-electron chi connectivity index (χ4n) is 4.31. The molecule has 2 aliphatic rings. The lowest BCUT2D eigenvalue weighted by molar-refractivity contribution is 0.0126. The number of nitrogens with one attached hydrogen (secondary N) is 1. The molecule has 27 heavy (non-hydrogen) atoms. The number of amidine groups is 1. The van der Waals surface area contributed by atoms with Crippen LogP contribution in [0.25, 0.3) is 0 Å². The lowest BCUT2D eigenvalue weighted by Gasteiger charge is -2.47. The van der Waals surface area contributed by atoms with Crippen LogP contribution in [0, 0.1) is 6.92 Å². The van der Waals surface area contributed by atoms with E-state index in [1.54, 1.807) is 17.8 Å². The molecule has 0 aliphatic carbocycles. The highest BCUT2D eigenvalue weighted by molar-refractivity contribution is 8.13. The minimum atomic E-state index is -0.640. The van der Waals surface area contributed by atoms with Crippen molar-refractivity contribution in [2.24, 2.45) is 4.99 Å². The number of hydrogen-bond donors (Lipinski definition) is 2. The Labute approximate surface area is 165 Å². The Morgan fingerprint density at radius 1 is 1.19 bits per heavy atom. The number of fused-ring (bicyclic) bond motifs is 1. The summed E-state index contributed by atoms with van der Waals surface area (Å²) in [7, 11) is 0. The van der Waals surface area contributed by atoms with E-state index >= 15 is 0 Å². The number of aliphatic imine (C=N–C) groups is 1. The number of aromatic hydroxyl groups is 1. The van der Waals surface area contributed by atoms with E-state index in [0.717, 1.165) is 34.9 Å². The van der Waals surface area contributed by atoms with Gasteiger partial charge in [-0.15, -0.1) is 0 Å². The molecule has 2 heterocycles. The number of phenols is 1. The first-order valence-corrected chi connectivity index (χ1v) is 10.5. The predicted octanol–water partition coefficient (Wildman–Crippen LogP) is 4.80. The van der Waals surface area contributed by atoms with E-state index in [0.29, 0.717) is 0 Å². The summed E-state index contributed by atoms with van der Waals surface area (Å²) >= 11 is 1.61. The Bertz CT molecular complexity index is 895. The van der Waals surface area contributed by atoms with E-state index in [1.165, 1.54) is 5.56 Å². The quantitative estimate of drug-likeness (QED) is 0.744. The largest absolute Gasteiger partial charge is 0.508 e. The summed E-state index contributed by atoms with van der Waals surface area (Å²) in [4.78, 5) is 5.00. The molecule has 2 aromatic carbocycles. The van der Waals surface area contributed by atoms with Crippen LogP contribution in [0.5, 0.6) is 11.5 Å². The molecule has 0 unspecified atom stereocenters. The highest BCUT2D eigenvalue weighted by atomic mass is 32.2. The van der Waals surface area contributed by atoms with Crippen molar-refractivity contribution < 1.29 is 9.84 Å². The first-order chi connectivity index (χ1) is 12.8. The maximum Gasteiger partial charge on any atom is 0.206 e. The van der Waals surface area contributed by atoms with Crippen LogP contribution in [-0.2, 0) is 0 Å². The number of ether oxygens (including phenoxy) is 1. The van der Waals surface area contributed by atoms with Crippen LogP contribution in [0.15, 0.2) is 47.5 Å². The van der Waals surface area contributed by atoms with Crippen LogP contribution < -0.4 is 10.1 Å². The second kappa shape index (κ2) is 6.48. The third-order valence-electron chi connectivity index (χ3n) is 5.46. The molecular weight excluding hydrogens is 356 g/mol. The monoisotopic (exact) mass is 382 g/mol. The van der Waals surface area contributed by atoms with Gasteiger partial charge in [0.25, 0.3) is 0 Å². The Morgan fingerprint density at radius 2 is 1.93 bits per heavy atom. The van der Waals surface area contributed by atoms with Crippen LogP contribution in [0.2, 0.25) is 0 Å². The van der Waals surface area contributed by atoms with Gasteiger partial charge in [0.1, 0.15) is 11.5 Å².